The molecule has 2 nitrogen and oxygen atoms in total. The maximum Gasteiger partial charge on any atom is 0.411 e. The molecule has 0 radical (unpaired) electrons. The van der Waals surface area contributed by atoms with E-state index in [0.29, 0.717) is 10.0 Å². The molecule has 136 valence electrons. The molecule has 0 fully saturated rings. The van der Waals surface area contributed by atoms with Gasteiger partial charge in [-0.25, -0.2) is 0 Å². The van der Waals surface area contributed by atoms with Gasteiger partial charge in [-0.05, 0) is 42.3 Å². The molecule has 0 aliphatic heterocycles. The number of carbonyl (C=O) groups excluding carboxylic acids is 1. The van der Waals surface area contributed by atoms with Gasteiger partial charge in [-0.1, -0.05) is 51.3 Å². The molecule has 0 aliphatic rings. The number of benzene rings is 2. The Morgan fingerprint density at radius 2 is 1.77 bits per heavy atom. The fraction of sp³-hybridized carbons (Fsp3) is 0.222. The fourth-order valence-electron chi connectivity index (χ4n) is 2.58. The van der Waals surface area contributed by atoms with Gasteiger partial charge in [0.1, 0.15) is 0 Å². The second kappa shape index (κ2) is 7.59. The van der Waals surface area contributed by atoms with Crippen LogP contribution in [-0.4, -0.2) is 12.0 Å². The molecular weight excluding hydrogens is 454 g/mol. The van der Waals surface area contributed by atoms with Crippen LogP contribution in [0.3, 0.4) is 0 Å². The Hall–Kier alpha value is -1.55. The summed E-state index contributed by atoms with van der Waals surface area (Å²) in [5.74, 6) is -0.807. The third-order valence-corrected chi connectivity index (χ3v) is 5.32. The molecule has 0 aliphatic carbocycles. The zero-order valence-electron chi connectivity index (χ0n) is 13.3. The van der Waals surface area contributed by atoms with Crippen LogP contribution in [0.1, 0.15) is 27.9 Å². The maximum absolute atomic E-state index is 13.9. The lowest BCUT2D eigenvalue weighted by Gasteiger charge is -2.29. The Labute approximate surface area is 166 Å². The molecule has 0 spiro atoms. The predicted octanol–water partition coefficient (Wildman–Crippen LogP) is 6.66. The number of hydrogen-bond donors (Lipinski definition) is 0. The first kappa shape index (κ1) is 20.8. The summed E-state index contributed by atoms with van der Waals surface area (Å²) in [5, 5.41) is 9.34. The van der Waals surface area contributed by atoms with Gasteiger partial charge in [-0.2, -0.15) is 18.4 Å². The predicted molar refractivity (Wildman–Crippen MR) is 97.6 cm³/mol. The van der Waals surface area contributed by atoms with E-state index in [1.54, 1.807) is 19.1 Å². The summed E-state index contributed by atoms with van der Waals surface area (Å²) in [6.07, 6.45) is -6.09. The molecule has 0 aromatic heterocycles. The molecule has 0 N–H and O–H groups in total. The van der Waals surface area contributed by atoms with E-state index in [1.807, 2.05) is 0 Å². The Kier molecular flexibility index (Phi) is 6.06. The molecule has 0 saturated heterocycles. The van der Waals surface area contributed by atoms with E-state index in [4.69, 9.17) is 23.2 Å². The lowest BCUT2D eigenvalue weighted by molar-refractivity contribution is -0.172. The topological polar surface area (TPSA) is 40.9 Å². The van der Waals surface area contributed by atoms with Crippen LogP contribution in [0.2, 0.25) is 10.0 Å². The summed E-state index contributed by atoms with van der Waals surface area (Å²) in [7, 11) is 0. The number of ketones is 1. The van der Waals surface area contributed by atoms with E-state index in [9.17, 15) is 23.2 Å². The second-order valence-electron chi connectivity index (χ2n) is 5.69. The van der Waals surface area contributed by atoms with Gasteiger partial charge in [0.15, 0.2) is 11.2 Å². The van der Waals surface area contributed by atoms with Gasteiger partial charge in [0, 0.05) is 26.5 Å². The van der Waals surface area contributed by atoms with Crippen LogP contribution in [0.25, 0.3) is 0 Å². The van der Waals surface area contributed by atoms with E-state index in [1.165, 1.54) is 18.2 Å². The summed E-state index contributed by atoms with van der Waals surface area (Å²) in [5.41, 5.74) is -2.93. The van der Waals surface area contributed by atoms with E-state index in [0.717, 1.165) is 12.1 Å². The third kappa shape index (κ3) is 3.90. The quantitative estimate of drug-likeness (QED) is 0.474. The summed E-state index contributed by atoms with van der Waals surface area (Å²) in [6, 6.07) is 9.19. The first-order chi connectivity index (χ1) is 12.0. The van der Waals surface area contributed by atoms with Crippen LogP contribution >= 0.6 is 39.1 Å². The minimum Gasteiger partial charge on any atom is -0.294 e. The molecule has 0 unspecified atom stereocenters. The highest BCUT2D eigenvalue weighted by molar-refractivity contribution is 9.10. The van der Waals surface area contributed by atoms with Crippen LogP contribution in [0.5, 0.6) is 0 Å². The van der Waals surface area contributed by atoms with Gasteiger partial charge >= 0.3 is 6.18 Å². The number of hydrogen-bond acceptors (Lipinski definition) is 2. The van der Waals surface area contributed by atoms with E-state index in [2.05, 4.69) is 15.9 Å². The Morgan fingerprint density at radius 1 is 1.19 bits per heavy atom. The highest BCUT2D eigenvalue weighted by atomic mass is 79.9. The van der Waals surface area contributed by atoms with Gasteiger partial charge in [0.25, 0.3) is 0 Å². The average molecular weight is 465 g/mol. The molecule has 2 aromatic rings. The zero-order chi connectivity index (χ0) is 19.7. The Morgan fingerprint density at radius 3 is 2.27 bits per heavy atom. The summed E-state index contributed by atoms with van der Waals surface area (Å²) in [4.78, 5) is 12.6. The minimum absolute atomic E-state index is 0.0533. The van der Waals surface area contributed by atoms with Crippen molar-refractivity contribution < 1.29 is 18.0 Å². The minimum atomic E-state index is -5.01. The number of nitrogens with zero attached hydrogens (tertiary/aromatic N) is 1. The zero-order valence-corrected chi connectivity index (χ0v) is 16.4. The number of alkyl halides is 3. The van der Waals surface area contributed by atoms with Crippen LogP contribution in [0, 0.1) is 18.3 Å². The monoisotopic (exact) mass is 463 g/mol. The second-order valence-corrected chi connectivity index (χ2v) is 7.41. The van der Waals surface area contributed by atoms with Gasteiger partial charge in [-0.3, -0.25) is 4.79 Å². The van der Waals surface area contributed by atoms with Gasteiger partial charge in [0.2, 0.25) is 0 Å². The van der Waals surface area contributed by atoms with E-state index >= 15 is 0 Å². The third-order valence-electron chi connectivity index (χ3n) is 4.02. The first-order valence-corrected chi connectivity index (χ1v) is 8.79. The van der Waals surface area contributed by atoms with Gasteiger partial charge < -0.3 is 0 Å². The molecule has 2 aromatic carbocycles. The van der Waals surface area contributed by atoms with Crippen LogP contribution < -0.4 is 0 Å². The molecule has 2 rings (SSSR count). The van der Waals surface area contributed by atoms with Crippen LogP contribution in [0.4, 0.5) is 13.2 Å². The molecular formula is C18H11BrCl2F3NO. The summed E-state index contributed by atoms with van der Waals surface area (Å²) < 4.78 is 42.3. The largest absolute Gasteiger partial charge is 0.411 e. The van der Waals surface area contributed by atoms with E-state index in [-0.39, 0.29) is 15.6 Å². The highest BCUT2D eigenvalue weighted by Crippen LogP contribution is 2.45. The number of nitriles is 1. The Balaban J connectivity index is 2.61. The van der Waals surface area contributed by atoms with Crippen molar-refractivity contribution in [1.29, 1.82) is 5.26 Å². The SMILES string of the molecule is Cc1c(Br)cccc1C(=O)C[C@](C#N)(c1cc(Cl)cc(Cl)c1)C(F)(F)F. The number of rotatable bonds is 4. The number of halogens is 6. The maximum atomic E-state index is 13.9. The van der Waals surface area contributed by atoms with Crippen LogP contribution in [-0.2, 0) is 5.41 Å². The molecule has 0 bridgehead atoms. The van der Waals surface area contributed by atoms with Crippen molar-refractivity contribution in [3.63, 3.8) is 0 Å². The highest BCUT2D eigenvalue weighted by Gasteiger charge is 2.58. The molecule has 26 heavy (non-hydrogen) atoms. The molecule has 1 atom stereocenters. The molecule has 0 saturated carbocycles. The smallest absolute Gasteiger partial charge is 0.294 e. The van der Waals surface area contributed by atoms with Crippen molar-refractivity contribution in [2.45, 2.75) is 24.9 Å². The van der Waals surface area contributed by atoms with Crippen LogP contribution in [0.15, 0.2) is 40.9 Å². The normalized spacial score (nSPS) is 13.8. The van der Waals surface area contributed by atoms with Crippen molar-refractivity contribution in [3.8, 4) is 6.07 Å². The summed E-state index contributed by atoms with van der Waals surface area (Å²) >= 11 is 14.9. The number of Topliss-reactive ketones (excluding diaryl/α,β-unsaturated/α-hetero) is 1. The van der Waals surface area contributed by atoms with Crippen molar-refractivity contribution in [1.82, 2.24) is 0 Å². The standard InChI is InChI=1S/C18H11BrCl2F3NO/c1-10-14(3-2-4-15(10)19)16(26)8-17(9-25,18(22,23)24)11-5-12(20)7-13(21)6-11/h2-7H,8H2,1H3/t17-/m0/s1. The van der Waals surface area contributed by atoms with Gasteiger partial charge in [-0.15, -0.1) is 0 Å². The van der Waals surface area contributed by atoms with Crippen molar-refractivity contribution in [2.24, 2.45) is 0 Å². The number of carbonyl (C=O) groups is 1. The lowest BCUT2D eigenvalue weighted by atomic mass is 9.75. The first-order valence-electron chi connectivity index (χ1n) is 7.24. The molecule has 0 amide bonds. The van der Waals surface area contributed by atoms with Crippen molar-refractivity contribution in [3.05, 3.63) is 67.6 Å². The van der Waals surface area contributed by atoms with Crippen molar-refractivity contribution in [2.75, 3.05) is 0 Å². The lowest BCUT2D eigenvalue weighted by Crippen LogP contribution is -2.43. The summed E-state index contributed by atoms with van der Waals surface area (Å²) in [6.45, 7) is 1.61. The van der Waals surface area contributed by atoms with Crippen molar-refractivity contribution >= 4 is 44.9 Å². The molecule has 8 heteroatoms. The average Bonchev–Trinajstić information content (AvgIpc) is 2.52. The van der Waals surface area contributed by atoms with E-state index < -0.39 is 29.4 Å². The fourth-order valence-corrected chi connectivity index (χ4v) is 3.47. The Bertz CT molecular complexity index is 888. The van der Waals surface area contributed by atoms with Gasteiger partial charge in [0.05, 0.1) is 6.07 Å². The molecule has 0 heterocycles.